The Morgan fingerprint density at radius 3 is 2.71 bits per heavy atom. The third kappa shape index (κ3) is 2.28. The molecular formula is C11H13ClO2. The first kappa shape index (κ1) is 11.1. The molecule has 1 unspecified atom stereocenters. The highest BCUT2D eigenvalue weighted by atomic mass is 35.5. The molecule has 0 amide bonds. The third-order valence-corrected chi connectivity index (χ3v) is 2.19. The van der Waals surface area contributed by atoms with E-state index in [0.29, 0.717) is 21.9 Å². The number of benzene rings is 1. The monoisotopic (exact) mass is 212 g/mol. The normalized spacial score (nSPS) is 12.3. The van der Waals surface area contributed by atoms with E-state index in [1.54, 1.807) is 32.2 Å². The molecule has 0 fully saturated rings. The van der Waals surface area contributed by atoms with Crippen LogP contribution in [-0.2, 0) is 0 Å². The van der Waals surface area contributed by atoms with Gasteiger partial charge in [-0.25, -0.2) is 0 Å². The first-order valence-corrected chi connectivity index (χ1v) is 4.61. The van der Waals surface area contributed by atoms with Crippen LogP contribution in [0.25, 0.3) is 0 Å². The van der Waals surface area contributed by atoms with Crippen molar-refractivity contribution in [2.24, 2.45) is 0 Å². The van der Waals surface area contributed by atoms with Crippen LogP contribution in [0.3, 0.4) is 0 Å². The van der Waals surface area contributed by atoms with Gasteiger partial charge in [0.25, 0.3) is 0 Å². The lowest BCUT2D eigenvalue weighted by Gasteiger charge is -2.14. The summed E-state index contributed by atoms with van der Waals surface area (Å²) < 4.78 is 5.11. The molecule has 1 aromatic carbocycles. The van der Waals surface area contributed by atoms with Crippen molar-refractivity contribution in [2.45, 2.75) is 13.0 Å². The molecule has 0 aliphatic heterocycles. The minimum Gasteiger partial charge on any atom is -0.496 e. The van der Waals surface area contributed by atoms with Gasteiger partial charge in [-0.15, -0.1) is 0 Å². The van der Waals surface area contributed by atoms with Crippen LogP contribution in [0.5, 0.6) is 5.75 Å². The molecule has 2 nitrogen and oxygen atoms in total. The maximum absolute atomic E-state index is 9.80. The molecule has 1 N–H and O–H groups in total. The summed E-state index contributed by atoms with van der Waals surface area (Å²) >= 11 is 5.83. The molecule has 0 heterocycles. The van der Waals surface area contributed by atoms with E-state index in [1.165, 1.54) is 0 Å². The molecule has 14 heavy (non-hydrogen) atoms. The van der Waals surface area contributed by atoms with E-state index in [1.807, 2.05) is 0 Å². The fourth-order valence-electron chi connectivity index (χ4n) is 1.18. The molecule has 0 spiro atoms. The van der Waals surface area contributed by atoms with Gasteiger partial charge < -0.3 is 9.84 Å². The average Bonchev–Trinajstić information content (AvgIpc) is 2.16. The van der Waals surface area contributed by atoms with Gasteiger partial charge in [0.05, 0.1) is 7.11 Å². The second-order valence-corrected chi connectivity index (χ2v) is 3.57. The molecule has 76 valence electrons. The minimum atomic E-state index is -0.733. The zero-order chi connectivity index (χ0) is 10.7. The Hall–Kier alpha value is -0.990. The number of halogens is 1. The number of hydrogen-bond acceptors (Lipinski definition) is 2. The SMILES string of the molecule is C=C(C)C(O)c1cc(Cl)ccc1OC. The van der Waals surface area contributed by atoms with Gasteiger partial charge in [0.15, 0.2) is 0 Å². The predicted octanol–water partition coefficient (Wildman–Crippen LogP) is 2.96. The number of ether oxygens (including phenoxy) is 1. The van der Waals surface area contributed by atoms with Gasteiger partial charge in [-0.3, -0.25) is 0 Å². The van der Waals surface area contributed by atoms with Crippen LogP contribution in [0.4, 0.5) is 0 Å². The quantitative estimate of drug-likeness (QED) is 0.781. The minimum absolute atomic E-state index is 0.570. The van der Waals surface area contributed by atoms with E-state index >= 15 is 0 Å². The summed E-state index contributed by atoms with van der Waals surface area (Å²) in [7, 11) is 1.55. The van der Waals surface area contributed by atoms with E-state index in [0.717, 1.165) is 0 Å². The molecule has 1 aromatic rings. The Balaban J connectivity index is 3.16. The highest BCUT2D eigenvalue weighted by Crippen LogP contribution is 2.31. The molecule has 3 heteroatoms. The fraction of sp³-hybridized carbons (Fsp3) is 0.273. The molecule has 0 saturated heterocycles. The first-order chi connectivity index (χ1) is 6.56. The van der Waals surface area contributed by atoms with Gasteiger partial charge in [-0.2, -0.15) is 0 Å². The Morgan fingerprint density at radius 2 is 2.21 bits per heavy atom. The zero-order valence-electron chi connectivity index (χ0n) is 8.25. The summed E-state index contributed by atoms with van der Waals surface area (Å²) in [6.45, 7) is 5.44. The summed E-state index contributed by atoms with van der Waals surface area (Å²) in [6, 6.07) is 5.12. The molecule has 1 atom stereocenters. The molecule has 0 bridgehead atoms. The van der Waals surface area contributed by atoms with Crippen molar-refractivity contribution in [3.8, 4) is 5.75 Å². The van der Waals surface area contributed by atoms with Crippen molar-refractivity contribution in [3.05, 3.63) is 40.9 Å². The standard InChI is InChI=1S/C11H13ClO2/c1-7(2)11(13)9-6-8(12)4-5-10(9)14-3/h4-6,11,13H,1H2,2-3H3. The van der Waals surface area contributed by atoms with Gasteiger partial charge >= 0.3 is 0 Å². The third-order valence-electron chi connectivity index (χ3n) is 1.95. The lowest BCUT2D eigenvalue weighted by Crippen LogP contribution is -2.01. The van der Waals surface area contributed by atoms with Crippen molar-refractivity contribution in [2.75, 3.05) is 7.11 Å². The Bertz CT molecular complexity index is 347. The summed E-state index contributed by atoms with van der Waals surface area (Å²) in [5.74, 6) is 0.616. The zero-order valence-corrected chi connectivity index (χ0v) is 9.01. The van der Waals surface area contributed by atoms with Gasteiger partial charge in [-0.05, 0) is 30.7 Å². The molecule has 1 rings (SSSR count). The van der Waals surface area contributed by atoms with E-state index in [2.05, 4.69) is 6.58 Å². The van der Waals surface area contributed by atoms with Gasteiger partial charge in [0.1, 0.15) is 11.9 Å². The van der Waals surface area contributed by atoms with Gasteiger partial charge in [-0.1, -0.05) is 18.2 Å². The van der Waals surface area contributed by atoms with Crippen LogP contribution in [0.15, 0.2) is 30.4 Å². The van der Waals surface area contributed by atoms with Crippen LogP contribution < -0.4 is 4.74 Å². The number of aliphatic hydroxyl groups excluding tert-OH is 1. The topological polar surface area (TPSA) is 29.5 Å². The van der Waals surface area contributed by atoms with Crippen LogP contribution in [0.2, 0.25) is 5.02 Å². The lowest BCUT2D eigenvalue weighted by atomic mass is 10.0. The van der Waals surface area contributed by atoms with E-state index < -0.39 is 6.10 Å². The van der Waals surface area contributed by atoms with E-state index in [4.69, 9.17) is 16.3 Å². The van der Waals surface area contributed by atoms with Crippen molar-refractivity contribution < 1.29 is 9.84 Å². The van der Waals surface area contributed by atoms with Crippen LogP contribution in [0.1, 0.15) is 18.6 Å². The fourth-order valence-corrected chi connectivity index (χ4v) is 1.36. The number of aliphatic hydroxyl groups is 1. The second kappa shape index (κ2) is 4.49. The highest BCUT2D eigenvalue weighted by molar-refractivity contribution is 6.30. The van der Waals surface area contributed by atoms with E-state index in [9.17, 15) is 5.11 Å². The number of methoxy groups -OCH3 is 1. The number of hydrogen-bond donors (Lipinski definition) is 1. The lowest BCUT2D eigenvalue weighted by molar-refractivity contribution is 0.211. The summed E-state index contributed by atoms with van der Waals surface area (Å²) in [5, 5.41) is 10.4. The Morgan fingerprint density at radius 1 is 1.57 bits per heavy atom. The van der Waals surface area contributed by atoms with Crippen molar-refractivity contribution in [3.63, 3.8) is 0 Å². The molecular weight excluding hydrogens is 200 g/mol. The molecule has 0 aromatic heterocycles. The van der Waals surface area contributed by atoms with Crippen LogP contribution in [-0.4, -0.2) is 12.2 Å². The Kier molecular flexibility index (Phi) is 3.55. The molecule has 0 radical (unpaired) electrons. The van der Waals surface area contributed by atoms with Crippen molar-refractivity contribution in [1.82, 2.24) is 0 Å². The largest absolute Gasteiger partial charge is 0.496 e. The summed E-state index contributed by atoms with van der Waals surface area (Å²) in [6.07, 6.45) is -0.733. The Labute approximate surface area is 88.8 Å². The molecule has 0 saturated carbocycles. The number of rotatable bonds is 3. The summed E-state index contributed by atoms with van der Waals surface area (Å²) in [5.41, 5.74) is 1.30. The maximum Gasteiger partial charge on any atom is 0.125 e. The highest BCUT2D eigenvalue weighted by Gasteiger charge is 2.13. The van der Waals surface area contributed by atoms with Crippen molar-refractivity contribution in [1.29, 1.82) is 0 Å². The average molecular weight is 213 g/mol. The van der Waals surface area contributed by atoms with Crippen LogP contribution in [0, 0.1) is 0 Å². The molecule has 0 aliphatic rings. The van der Waals surface area contributed by atoms with Gasteiger partial charge in [0.2, 0.25) is 0 Å². The van der Waals surface area contributed by atoms with E-state index in [-0.39, 0.29) is 0 Å². The first-order valence-electron chi connectivity index (χ1n) is 4.23. The second-order valence-electron chi connectivity index (χ2n) is 3.14. The molecule has 0 aliphatic carbocycles. The van der Waals surface area contributed by atoms with Crippen LogP contribution >= 0.6 is 11.6 Å². The smallest absolute Gasteiger partial charge is 0.125 e. The summed E-state index contributed by atoms with van der Waals surface area (Å²) in [4.78, 5) is 0. The van der Waals surface area contributed by atoms with Crippen molar-refractivity contribution >= 4 is 11.6 Å². The van der Waals surface area contributed by atoms with Gasteiger partial charge in [0, 0.05) is 10.6 Å². The predicted molar refractivity (Wildman–Crippen MR) is 57.8 cm³/mol. The maximum atomic E-state index is 9.80.